The molecule has 3 N–H and O–H groups in total. The smallest absolute Gasteiger partial charge is 0.389 e. The van der Waals surface area contributed by atoms with Crippen molar-refractivity contribution in [1.82, 2.24) is 4.90 Å². The van der Waals surface area contributed by atoms with Crippen LogP contribution in [0.5, 0.6) is 0 Å². The molecule has 0 radical (unpaired) electrons. The standard InChI is InChI=1S/C14H18F3N3S/c1-20-6-4-9(5-7-20)19-10-2-3-11(13(18)21)12(8-10)14(15,16)17/h2-3,8-9,19H,4-7H2,1H3,(H2,18,21). The van der Waals surface area contributed by atoms with Crippen molar-refractivity contribution in [3.8, 4) is 0 Å². The van der Waals surface area contributed by atoms with Crippen molar-refractivity contribution in [3.05, 3.63) is 29.3 Å². The molecular weight excluding hydrogens is 299 g/mol. The Balaban J connectivity index is 2.20. The van der Waals surface area contributed by atoms with E-state index in [0.717, 1.165) is 32.0 Å². The molecule has 0 saturated carbocycles. The van der Waals surface area contributed by atoms with E-state index in [1.165, 1.54) is 6.07 Å². The first kappa shape index (κ1) is 16.0. The van der Waals surface area contributed by atoms with Crippen LogP contribution in [0.1, 0.15) is 24.0 Å². The first-order valence-corrected chi connectivity index (χ1v) is 7.14. The second-order valence-electron chi connectivity index (χ2n) is 5.34. The molecule has 1 aliphatic heterocycles. The van der Waals surface area contributed by atoms with Gasteiger partial charge in [0.2, 0.25) is 0 Å². The Bertz CT molecular complexity index is 523. The molecule has 1 heterocycles. The van der Waals surface area contributed by atoms with E-state index in [-0.39, 0.29) is 16.6 Å². The molecule has 0 atom stereocenters. The van der Waals surface area contributed by atoms with Gasteiger partial charge in [0.25, 0.3) is 0 Å². The molecule has 0 bridgehead atoms. The van der Waals surface area contributed by atoms with Crippen molar-refractivity contribution in [3.63, 3.8) is 0 Å². The van der Waals surface area contributed by atoms with Crippen LogP contribution in [0.2, 0.25) is 0 Å². The van der Waals surface area contributed by atoms with Crippen LogP contribution in [0.4, 0.5) is 18.9 Å². The van der Waals surface area contributed by atoms with Crippen molar-refractivity contribution < 1.29 is 13.2 Å². The fourth-order valence-corrected chi connectivity index (χ4v) is 2.65. The van der Waals surface area contributed by atoms with Crippen molar-refractivity contribution in [2.24, 2.45) is 5.73 Å². The van der Waals surface area contributed by atoms with E-state index in [1.807, 2.05) is 7.05 Å². The van der Waals surface area contributed by atoms with Crippen molar-refractivity contribution in [2.75, 3.05) is 25.5 Å². The average molecular weight is 317 g/mol. The van der Waals surface area contributed by atoms with Crippen LogP contribution < -0.4 is 11.1 Å². The zero-order valence-electron chi connectivity index (χ0n) is 11.7. The third-order valence-electron chi connectivity index (χ3n) is 3.68. The van der Waals surface area contributed by atoms with E-state index in [2.05, 4.69) is 22.4 Å². The molecule has 1 aromatic rings. The molecule has 2 rings (SSSR count). The Morgan fingerprint density at radius 3 is 2.48 bits per heavy atom. The number of nitrogens with zero attached hydrogens (tertiary/aromatic N) is 1. The molecule has 0 aromatic heterocycles. The molecule has 116 valence electrons. The van der Waals surface area contributed by atoms with Crippen LogP contribution >= 0.6 is 12.2 Å². The number of likely N-dealkylation sites (tertiary alicyclic amines) is 1. The lowest BCUT2D eigenvalue weighted by Crippen LogP contribution is -2.36. The monoisotopic (exact) mass is 317 g/mol. The van der Waals surface area contributed by atoms with Crippen molar-refractivity contribution in [2.45, 2.75) is 25.1 Å². The summed E-state index contributed by atoms with van der Waals surface area (Å²) in [6, 6.07) is 4.22. The molecule has 1 fully saturated rings. The van der Waals surface area contributed by atoms with Crippen molar-refractivity contribution >= 4 is 22.9 Å². The highest BCUT2D eigenvalue weighted by Crippen LogP contribution is 2.34. The summed E-state index contributed by atoms with van der Waals surface area (Å²) in [7, 11) is 2.04. The number of halogens is 3. The maximum atomic E-state index is 13.1. The number of thiocarbonyl (C=S) groups is 1. The number of hydrogen-bond donors (Lipinski definition) is 2. The topological polar surface area (TPSA) is 41.3 Å². The third-order valence-corrected chi connectivity index (χ3v) is 3.90. The molecule has 1 saturated heterocycles. The SMILES string of the molecule is CN1CCC(Nc2ccc(C(N)=S)c(C(F)(F)F)c2)CC1. The first-order valence-electron chi connectivity index (χ1n) is 6.73. The van der Waals surface area contributed by atoms with Crippen LogP contribution in [0.15, 0.2) is 18.2 Å². The van der Waals surface area contributed by atoms with Crippen LogP contribution in [-0.4, -0.2) is 36.1 Å². The third kappa shape index (κ3) is 4.07. The molecule has 7 heteroatoms. The van der Waals surface area contributed by atoms with Gasteiger partial charge in [0.15, 0.2) is 0 Å². The quantitative estimate of drug-likeness (QED) is 0.841. The highest BCUT2D eigenvalue weighted by atomic mass is 32.1. The maximum Gasteiger partial charge on any atom is 0.417 e. The largest absolute Gasteiger partial charge is 0.417 e. The number of hydrogen-bond acceptors (Lipinski definition) is 3. The van der Waals surface area contributed by atoms with E-state index < -0.39 is 11.7 Å². The fourth-order valence-electron chi connectivity index (χ4n) is 2.47. The minimum atomic E-state index is -4.47. The number of rotatable bonds is 3. The summed E-state index contributed by atoms with van der Waals surface area (Å²) in [5.74, 6) is 0. The van der Waals surface area contributed by atoms with E-state index in [4.69, 9.17) is 5.73 Å². The van der Waals surface area contributed by atoms with Gasteiger partial charge < -0.3 is 16.0 Å². The molecule has 3 nitrogen and oxygen atoms in total. The predicted octanol–water partition coefficient (Wildman–Crippen LogP) is 2.85. The summed E-state index contributed by atoms with van der Waals surface area (Å²) in [5.41, 5.74) is 4.90. The Morgan fingerprint density at radius 2 is 1.95 bits per heavy atom. The van der Waals surface area contributed by atoms with Gasteiger partial charge in [-0.25, -0.2) is 0 Å². The van der Waals surface area contributed by atoms with E-state index in [1.54, 1.807) is 6.07 Å². The average Bonchev–Trinajstić information content (AvgIpc) is 2.40. The highest BCUT2D eigenvalue weighted by molar-refractivity contribution is 7.80. The van der Waals surface area contributed by atoms with Gasteiger partial charge in [-0.2, -0.15) is 13.2 Å². The van der Waals surface area contributed by atoms with Gasteiger partial charge in [-0.3, -0.25) is 0 Å². The van der Waals surface area contributed by atoms with Gasteiger partial charge in [0.1, 0.15) is 4.99 Å². The van der Waals surface area contributed by atoms with Crippen LogP contribution in [-0.2, 0) is 6.18 Å². The molecule has 0 spiro atoms. The van der Waals surface area contributed by atoms with Gasteiger partial charge in [-0.15, -0.1) is 0 Å². The Labute approximate surface area is 127 Å². The summed E-state index contributed by atoms with van der Waals surface area (Å²) >= 11 is 4.69. The molecular formula is C14H18F3N3S. The lowest BCUT2D eigenvalue weighted by Gasteiger charge is -2.30. The Kier molecular flexibility index (Phi) is 4.73. The lowest BCUT2D eigenvalue weighted by atomic mass is 10.0. The van der Waals surface area contributed by atoms with Gasteiger partial charge in [0.05, 0.1) is 5.56 Å². The normalized spacial score (nSPS) is 17.7. The van der Waals surface area contributed by atoms with Crippen LogP contribution in [0.25, 0.3) is 0 Å². The zero-order chi connectivity index (χ0) is 15.6. The molecule has 1 aromatic carbocycles. The number of alkyl halides is 3. The van der Waals surface area contributed by atoms with Gasteiger partial charge in [0, 0.05) is 17.3 Å². The zero-order valence-corrected chi connectivity index (χ0v) is 12.5. The van der Waals surface area contributed by atoms with Crippen molar-refractivity contribution in [1.29, 1.82) is 0 Å². The minimum absolute atomic E-state index is 0.133. The first-order chi connectivity index (χ1) is 9.77. The summed E-state index contributed by atoms with van der Waals surface area (Å²) < 4.78 is 39.2. The van der Waals surface area contributed by atoms with Crippen LogP contribution in [0, 0.1) is 0 Å². The lowest BCUT2D eigenvalue weighted by molar-refractivity contribution is -0.137. The fraction of sp³-hybridized carbons (Fsp3) is 0.500. The Hall–Kier alpha value is -1.34. The van der Waals surface area contributed by atoms with Crippen LogP contribution in [0.3, 0.4) is 0 Å². The van der Waals surface area contributed by atoms with E-state index >= 15 is 0 Å². The molecule has 1 aliphatic rings. The van der Waals surface area contributed by atoms with Gasteiger partial charge in [-0.05, 0) is 51.2 Å². The number of piperidine rings is 1. The summed E-state index contributed by atoms with van der Waals surface area (Å²) in [6.07, 6.45) is -2.65. The summed E-state index contributed by atoms with van der Waals surface area (Å²) in [6.45, 7) is 1.88. The number of nitrogens with one attached hydrogen (secondary N) is 1. The van der Waals surface area contributed by atoms with Gasteiger partial charge >= 0.3 is 6.18 Å². The van der Waals surface area contributed by atoms with E-state index in [9.17, 15) is 13.2 Å². The predicted molar refractivity (Wildman–Crippen MR) is 81.5 cm³/mol. The summed E-state index contributed by atoms with van der Waals surface area (Å²) in [5, 5.41) is 3.17. The number of nitrogens with two attached hydrogens (primary N) is 1. The van der Waals surface area contributed by atoms with E-state index in [0.29, 0.717) is 5.69 Å². The second-order valence-corrected chi connectivity index (χ2v) is 5.78. The molecule has 0 aliphatic carbocycles. The molecule has 21 heavy (non-hydrogen) atoms. The van der Waals surface area contributed by atoms with Gasteiger partial charge in [-0.1, -0.05) is 12.2 Å². The highest BCUT2D eigenvalue weighted by Gasteiger charge is 2.34. The second kappa shape index (κ2) is 6.19. The molecule has 0 amide bonds. The number of anilines is 1. The summed E-state index contributed by atoms with van der Waals surface area (Å²) in [4.78, 5) is 1.96. The molecule has 0 unspecified atom stereocenters. The minimum Gasteiger partial charge on any atom is -0.389 e. The number of benzene rings is 1. The maximum absolute atomic E-state index is 13.1. The Morgan fingerprint density at radius 1 is 1.33 bits per heavy atom.